The SMILES string of the molecule is C.CCC(C)C(C)C(C)C.CCC(C)CC(C)C. The Morgan fingerprint density at radius 3 is 1.28 bits per heavy atom. The van der Waals surface area contributed by atoms with Crippen molar-refractivity contribution >= 4 is 0 Å². The standard InChI is InChI=1S/C9H20.C8H18.CH4/c1-6-8(4)9(5)7(2)3;1-5-8(4)6-7(2)3;/h7-9H,6H2,1-5H3;7-8H,5-6H2,1-4H3;1H4. The van der Waals surface area contributed by atoms with Crippen LogP contribution in [-0.4, -0.2) is 0 Å². The van der Waals surface area contributed by atoms with Crippen LogP contribution in [0.25, 0.3) is 0 Å². The van der Waals surface area contributed by atoms with Gasteiger partial charge in [0.05, 0.1) is 0 Å². The van der Waals surface area contributed by atoms with Crippen LogP contribution in [-0.2, 0) is 0 Å². The highest BCUT2D eigenvalue weighted by Gasteiger charge is 2.12. The molecule has 0 aliphatic heterocycles. The average molecular weight is 259 g/mol. The van der Waals surface area contributed by atoms with Crippen molar-refractivity contribution in [2.24, 2.45) is 29.6 Å². The van der Waals surface area contributed by atoms with Gasteiger partial charge >= 0.3 is 0 Å². The summed E-state index contributed by atoms with van der Waals surface area (Å²) < 4.78 is 0. The minimum absolute atomic E-state index is 0. The fraction of sp³-hybridized carbons (Fsp3) is 1.00. The first-order chi connectivity index (χ1) is 7.76. The van der Waals surface area contributed by atoms with Crippen molar-refractivity contribution in [1.29, 1.82) is 0 Å². The quantitative estimate of drug-likeness (QED) is 0.479. The van der Waals surface area contributed by atoms with Crippen molar-refractivity contribution in [2.45, 2.75) is 89.0 Å². The van der Waals surface area contributed by atoms with Crippen LogP contribution in [0.1, 0.15) is 89.0 Å². The fourth-order valence-electron chi connectivity index (χ4n) is 2.00. The predicted molar refractivity (Wildman–Crippen MR) is 89.1 cm³/mol. The van der Waals surface area contributed by atoms with Crippen molar-refractivity contribution in [3.63, 3.8) is 0 Å². The molecule has 0 aliphatic rings. The molecule has 0 heteroatoms. The maximum Gasteiger partial charge on any atom is -0.0394 e. The first-order valence-corrected chi connectivity index (χ1v) is 7.76. The van der Waals surface area contributed by atoms with E-state index in [-0.39, 0.29) is 7.43 Å². The Labute approximate surface area is 119 Å². The van der Waals surface area contributed by atoms with Crippen LogP contribution in [0.2, 0.25) is 0 Å². The zero-order chi connectivity index (χ0) is 14.0. The summed E-state index contributed by atoms with van der Waals surface area (Å²) in [6.07, 6.45) is 4.04. The summed E-state index contributed by atoms with van der Waals surface area (Å²) in [6, 6.07) is 0. The molecule has 0 aromatic carbocycles. The Morgan fingerprint density at radius 2 is 1.17 bits per heavy atom. The number of hydrogen-bond donors (Lipinski definition) is 0. The highest BCUT2D eigenvalue weighted by atomic mass is 14.2. The largest absolute Gasteiger partial charge is 0.0776 e. The molecule has 0 fully saturated rings. The molecule has 0 radical (unpaired) electrons. The van der Waals surface area contributed by atoms with Gasteiger partial charge in [0.15, 0.2) is 0 Å². The van der Waals surface area contributed by atoms with Gasteiger partial charge in [-0.2, -0.15) is 0 Å². The van der Waals surface area contributed by atoms with Crippen LogP contribution in [0.15, 0.2) is 0 Å². The maximum atomic E-state index is 2.35. The van der Waals surface area contributed by atoms with Crippen LogP contribution < -0.4 is 0 Å². The number of rotatable bonds is 6. The van der Waals surface area contributed by atoms with Gasteiger partial charge in [0.2, 0.25) is 0 Å². The van der Waals surface area contributed by atoms with Gasteiger partial charge in [0, 0.05) is 0 Å². The lowest BCUT2D eigenvalue weighted by Gasteiger charge is -2.21. The number of hydrogen-bond acceptors (Lipinski definition) is 0. The maximum absolute atomic E-state index is 2.35. The minimum Gasteiger partial charge on any atom is -0.0776 e. The second-order valence-corrected chi connectivity index (χ2v) is 6.63. The van der Waals surface area contributed by atoms with E-state index in [0.717, 1.165) is 29.6 Å². The summed E-state index contributed by atoms with van der Waals surface area (Å²) in [6.45, 7) is 20.7. The molecule has 0 heterocycles. The predicted octanol–water partition coefficient (Wildman–Crippen LogP) is 7.04. The summed E-state index contributed by atoms with van der Waals surface area (Å²) in [5.74, 6) is 4.43. The third-order valence-corrected chi connectivity index (χ3v) is 4.16. The first kappa shape index (κ1) is 23.1. The molecule has 3 atom stereocenters. The normalized spacial score (nSPS) is 15.5. The van der Waals surface area contributed by atoms with Crippen molar-refractivity contribution < 1.29 is 0 Å². The topological polar surface area (TPSA) is 0 Å². The van der Waals surface area contributed by atoms with Gasteiger partial charge in [-0.25, -0.2) is 0 Å². The van der Waals surface area contributed by atoms with Crippen LogP contribution >= 0.6 is 0 Å². The Morgan fingerprint density at radius 1 is 0.722 bits per heavy atom. The molecule has 0 aromatic heterocycles. The van der Waals surface area contributed by atoms with Gasteiger partial charge < -0.3 is 0 Å². The second kappa shape index (κ2) is 13.4. The van der Waals surface area contributed by atoms with Gasteiger partial charge in [-0.05, 0) is 36.0 Å². The van der Waals surface area contributed by atoms with Gasteiger partial charge in [-0.1, -0.05) is 82.6 Å². The lowest BCUT2D eigenvalue weighted by atomic mass is 9.85. The molecule has 0 amide bonds. The van der Waals surface area contributed by atoms with Crippen molar-refractivity contribution in [2.75, 3.05) is 0 Å². The van der Waals surface area contributed by atoms with E-state index in [1.807, 2.05) is 0 Å². The van der Waals surface area contributed by atoms with E-state index in [0.29, 0.717) is 0 Å². The second-order valence-electron chi connectivity index (χ2n) is 6.63. The van der Waals surface area contributed by atoms with E-state index in [1.54, 1.807) is 0 Å². The molecule has 0 rings (SSSR count). The van der Waals surface area contributed by atoms with Crippen LogP contribution in [0, 0.1) is 29.6 Å². The Kier molecular flexibility index (Phi) is 17.3. The summed E-state index contributed by atoms with van der Waals surface area (Å²) in [4.78, 5) is 0. The van der Waals surface area contributed by atoms with E-state index < -0.39 is 0 Å². The van der Waals surface area contributed by atoms with E-state index in [9.17, 15) is 0 Å². The molecule has 0 spiro atoms. The molecule has 0 saturated carbocycles. The van der Waals surface area contributed by atoms with Crippen LogP contribution in [0.4, 0.5) is 0 Å². The van der Waals surface area contributed by atoms with Gasteiger partial charge in [-0.15, -0.1) is 0 Å². The van der Waals surface area contributed by atoms with Crippen LogP contribution in [0.5, 0.6) is 0 Å². The van der Waals surface area contributed by atoms with Gasteiger partial charge in [-0.3, -0.25) is 0 Å². The Balaban J connectivity index is -0.000000238. The monoisotopic (exact) mass is 258 g/mol. The summed E-state index contributed by atoms with van der Waals surface area (Å²) in [5, 5.41) is 0. The Bertz CT molecular complexity index is 146. The smallest absolute Gasteiger partial charge is 0.0394 e. The van der Waals surface area contributed by atoms with Crippen molar-refractivity contribution in [1.82, 2.24) is 0 Å². The van der Waals surface area contributed by atoms with Crippen molar-refractivity contribution in [3.05, 3.63) is 0 Å². The van der Waals surface area contributed by atoms with Gasteiger partial charge in [0.25, 0.3) is 0 Å². The van der Waals surface area contributed by atoms with E-state index >= 15 is 0 Å². The molecular weight excluding hydrogens is 216 g/mol. The summed E-state index contributed by atoms with van der Waals surface area (Å²) in [7, 11) is 0. The minimum atomic E-state index is 0. The lowest BCUT2D eigenvalue weighted by Crippen LogP contribution is -2.12. The Hall–Kier alpha value is 0. The molecule has 0 bridgehead atoms. The zero-order valence-corrected chi connectivity index (χ0v) is 14.0. The third kappa shape index (κ3) is 14.1. The van der Waals surface area contributed by atoms with Crippen molar-refractivity contribution in [3.8, 4) is 0 Å². The molecular formula is C18H42. The lowest BCUT2D eigenvalue weighted by molar-refractivity contribution is 0.289. The molecule has 0 saturated heterocycles. The molecule has 18 heavy (non-hydrogen) atoms. The van der Waals surface area contributed by atoms with Crippen LogP contribution in [0.3, 0.4) is 0 Å². The molecule has 114 valence electrons. The fourth-order valence-corrected chi connectivity index (χ4v) is 2.00. The van der Waals surface area contributed by atoms with E-state index in [1.165, 1.54) is 19.3 Å². The van der Waals surface area contributed by atoms with Gasteiger partial charge in [0.1, 0.15) is 0 Å². The summed E-state index contributed by atoms with van der Waals surface area (Å²) >= 11 is 0. The molecule has 0 aromatic rings. The third-order valence-electron chi connectivity index (χ3n) is 4.16. The first-order valence-electron chi connectivity index (χ1n) is 7.76. The van der Waals surface area contributed by atoms with E-state index in [2.05, 4.69) is 62.3 Å². The highest BCUT2D eigenvalue weighted by molar-refractivity contribution is 4.62. The molecule has 0 aliphatic carbocycles. The molecule has 3 unspecified atom stereocenters. The van der Waals surface area contributed by atoms with E-state index in [4.69, 9.17) is 0 Å². The average Bonchev–Trinajstić information content (AvgIpc) is 2.26. The zero-order valence-electron chi connectivity index (χ0n) is 14.0. The highest BCUT2D eigenvalue weighted by Crippen LogP contribution is 2.21. The molecule has 0 nitrogen and oxygen atoms in total. The summed E-state index contributed by atoms with van der Waals surface area (Å²) in [5.41, 5.74) is 0. The molecule has 0 N–H and O–H groups in total.